The van der Waals surface area contributed by atoms with Gasteiger partial charge in [-0.3, -0.25) is 0 Å². The number of thiazole rings is 1. The Morgan fingerprint density at radius 3 is 2.53 bits per heavy atom. The fourth-order valence-corrected chi connectivity index (χ4v) is 4.42. The summed E-state index contributed by atoms with van der Waals surface area (Å²) in [5, 5.41) is 0.870. The third-order valence-electron chi connectivity index (χ3n) is 4.93. The number of hydrogen-bond donors (Lipinski definition) is 0. The van der Waals surface area contributed by atoms with E-state index in [4.69, 9.17) is 23.9 Å². The number of aromatic nitrogens is 1. The highest BCUT2D eigenvalue weighted by molar-refractivity contribution is 7.21. The van der Waals surface area contributed by atoms with Crippen molar-refractivity contribution in [3.63, 3.8) is 0 Å². The molecule has 2 aromatic carbocycles. The first-order chi connectivity index (χ1) is 15.5. The largest absolute Gasteiger partial charge is 0.494 e. The van der Waals surface area contributed by atoms with E-state index in [1.54, 1.807) is 16.2 Å². The Morgan fingerprint density at radius 2 is 1.84 bits per heavy atom. The van der Waals surface area contributed by atoms with Crippen molar-refractivity contribution in [2.45, 2.75) is 6.92 Å². The Balaban J connectivity index is 1.66. The second-order valence-corrected chi connectivity index (χ2v) is 7.88. The molecule has 0 atom stereocenters. The minimum atomic E-state index is -0.632. The standard InChI is InChI=1S/C23H22N2O6S/c1-4-31-16-9-10-18-19(11-16)32-21(24-18)14-5-7-15(8-6-14)25-13-30-12-17(22(26)28-2)20(25)23(27)29-3/h5-11H,4,12-13H2,1-3H3. The molecule has 0 unspecified atom stereocenters. The van der Waals surface area contributed by atoms with Crippen LogP contribution < -0.4 is 9.64 Å². The van der Waals surface area contributed by atoms with Gasteiger partial charge in [0.2, 0.25) is 0 Å². The number of esters is 2. The normalized spacial score (nSPS) is 13.9. The maximum absolute atomic E-state index is 12.4. The minimum absolute atomic E-state index is 0.0267. The molecule has 0 saturated carbocycles. The summed E-state index contributed by atoms with van der Waals surface area (Å²) in [7, 11) is 2.53. The van der Waals surface area contributed by atoms with Crippen LogP contribution in [0.15, 0.2) is 53.7 Å². The lowest BCUT2D eigenvalue weighted by Gasteiger charge is -2.31. The lowest BCUT2D eigenvalue weighted by molar-refractivity contribution is -0.140. The highest BCUT2D eigenvalue weighted by Gasteiger charge is 2.32. The van der Waals surface area contributed by atoms with Gasteiger partial charge in [0.1, 0.15) is 23.2 Å². The van der Waals surface area contributed by atoms with E-state index in [0.29, 0.717) is 12.3 Å². The molecule has 1 aliphatic rings. The van der Waals surface area contributed by atoms with Crippen LogP contribution in [0.1, 0.15) is 6.92 Å². The zero-order valence-corrected chi connectivity index (χ0v) is 18.7. The molecule has 0 aliphatic carbocycles. The van der Waals surface area contributed by atoms with Gasteiger partial charge >= 0.3 is 11.9 Å². The molecule has 0 bridgehead atoms. The second-order valence-electron chi connectivity index (χ2n) is 6.84. The third-order valence-corrected chi connectivity index (χ3v) is 6.00. The van der Waals surface area contributed by atoms with Crippen LogP contribution in [0.4, 0.5) is 5.69 Å². The van der Waals surface area contributed by atoms with Crippen LogP contribution in [-0.2, 0) is 23.8 Å². The first kappa shape index (κ1) is 21.8. The average molecular weight is 455 g/mol. The summed E-state index contributed by atoms with van der Waals surface area (Å²) in [6, 6.07) is 13.4. The zero-order chi connectivity index (χ0) is 22.7. The molecule has 0 N–H and O–H groups in total. The highest BCUT2D eigenvalue weighted by Crippen LogP contribution is 2.34. The number of carbonyl (C=O) groups excluding carboxylic acids is 2. The molecule has 1 aromatic heterocycles. The van der Waals surface area contributed by atoms with Crippen molar-refractivity contribution in [2.24, 2.45) is 0 Å². The van der Waals surface area contributed by atoms with Crippen LogP contribution in [0, 0.1) is 0 Å². The van der Waals surface area contributed by atoms with Gasteiger partial charge in [-0.05, 0) is 49.4 Å². The quantitative estimate of drug-likeness (QED) is 0.521. The van der Waals surface area contributed by atoms with E-state index in [2.05, 4.69) is 0 Å². The Labute approximate surface area is 189 Å². The minimum Gasteiger partial charge on any atom is -0.494 e. The van der Waals surface area contributed by atoms with Gasteiger partial charge < -0.3 is 23.8 Å². The monoisotopic (exact) mass is 454 g/mol. The van der Waals surface area contributed by atoms with Crippen LogP contribution in [0.5, 0.6) is 5.75 Å². The van der Waals surface area contributed by atoms with Gasteiger partial charge in [0.25, 0.3) is 0 Å². The molecule has 32 heavy (non-hydrogen) atoms. The summed E-state index contributed by atoms with van der Waals surface area (Å²) in [6.07, 6.45) is 0. The second kappa shape index (κ2) is 9.37. The van der Waals surface area contributed by atoms with Crippen LogP contribution in [0.3, 0.4) is 0 Å². The number of rotatable bonds is 6. The number of hydrogen-bond acceptors (Lipinski definition) is 9. The van der Waals surface area contributed by atoms with E-state index < -0.39 is 11.9 Å². The number of anilines is 1. The molecule has 0 saturated heterocycles. The van der Waals surface area contributed by atoms with E-state index in [1.165, 1.54) is 14.2 Å². The molecule has 0 spiro atoms. The van der Waals surface area contributed by atoms with Gasteiger partial charge in [0.05, 0.1) is 43.2 Å². The van der Waals surface area contributed by atoms with Crippen molar-refractivity contribution in [3.05, 3.63) is 53.7 Å². The van der Waals surface area contributed by atoms with Crippen LogP contribution in [0.25, 0.3) is 20.8 Å². The molecule has 0 amide bonds. The molecule has 0 radical (unpaired) electrons. The maximum Gasteiger partial charge on any atom is 0.355 e. The van der Waals surface area contributed by atoms with Gasteiger partial charge in [0.15, 0.2) is 0 Å². The third kappa shape index (κ3) is 4.17. The van der Waals surface area contributed by atoms with Crippen molar-refractivity contribution in [3.8, 4) is 16.3 Å². The van der Waals surface area contributed by atoms with E-state index in [0.717, 1.165) is 26.5 Å². The zero-order valence-electron chi connectivity index (χ0n) is 17.9. The molecular weight excluding hydrogens is 432 g/mol. The first-order valence-electron chi connectivity index (χ1n) is 9.94. The summed E-state index contributed by atoms with van der Waals surface area (Å²) in [5.74, 6) is -0.444. The van der Waals surface area contributed by atoms with E-state index in [-0.39, 0.29) is 24.6 Å². The predicted molar refractivity (Wildman–Crippen MR) is 121 cm³/mol. The molecule has 9 heteroatoms. The summed E-state index contributed by atoms with van der Waals surface area (Å²) >= 11 is 1.57. The lowest BCUT2D eigenvalue weighted by Crippen LogP contribution is -2.38. The summed E-state index contributed by atoms with van der Waals surface area (Å²) in [4.78, 5) is 30.9. The van der Waals surface area contributed by atoms with Gasteiger partial charge in [-0.25, -0.2) is 14.6 Å². The van der Waals surface area contributed by atoms with Crippen LogP contribution in [-0.4, -0.2) is 51.1 Å². The van der Waals surface area contributed by atoms with Gasteiger partial charge in [-0.15, -0.1) is 11.3 Å². The predicted octanol–water partition coefficient (Wildman–Crippen LogP) is 3.76. The van der Waals surface area contributed by atoms with Gasteiger partial charge in [0, 0.05) is 11.3 Å². The highest BCUT2D eigenvalue weighted by atomic mass is 32.1. The van der Waals surface area contributed by atoms with Crippen molar-refractivity contribution >= 4 is 39.2 Å². The molecule has 1 aliphatic heterocycles. The van der Waals surface area contributed by atoms with Crippen molar-refractivity contribution < 1.29 is 28.5 Å². The summed E-state index contributed by atoms with van der Waals surface area (Å²) in [5.41, 5.74) is 2.74. The maximum atomic E-state index is 12.4. The molecule has 2 heterocycles. The van der Waals surface area contributed by atoms with Gasteiger partial charge in [-0.1, -0.05) is 0 Å². The van der Waals surface area contributed by atoms with Gasteiger partial charge in [-0.2, -0.15) is 0 Å². The SMILES string of the molecule is CCOc1ccc2nc(-c3ccc(N4COCC(C(=O)OC)=C4C(=O)OC)cc3)sc2c1. The Morgan fingerprint density at radius 1 is 1.09 bits per heavy atom. The average Bonchev–Trinajstić information content (AvgIpc) is 3.26. The molecule has 166 valence electrons. The van der Waals surface area contributed by atoms with Crippen LogP contribution in [0.2, 0.25) is 0 Å². The molecule has 0 fully saturated rings. The molecule has 8 nitrogen and oxygen atoms in total. The molecular formula is C23H22N2O6S. The number of nitrogens with zero attached hydrogens (tertiary/aromatic N) is 2. The Bertz CT molecular complexity index is 1180. The lowest BCUT2D eigenvalue weighted by atomic mass is 10.1. The number of carbonyl (C=O) groups is 2. The summed E-state index contributed by atoms with van der Waals surface area (Å²) in [6.45, 7) is 2.64. The Hall–Kier alpha value is -3.43. The van der Waals surface area contributed by atoms with E-state index in [9.17, 15) is 9.59 Å². The van der Waals surface area contributed by atoms with E-state index >= 15 is 0 Å². The Kier molecular flexibility index (Phi) is 6.38. The first-order valence-corrected chi connectivity index (χ1v) is 10.8. The van der Waals surface area contributed by atoms with Crippen molar-refractivity contribution in [2.75, 3.05) is 39.1 Å². The number of methoxy groups -OCH3 is 2. The van der Waals surface area contributed by atoms with E-state index in [1.807, 2.05) is 49.4 Å². The van der Waals surface area contributed by atoms with Crippen LogP contribution >= 0.6 is 11.3 Å². The molecule has 4 rings (SSSR count). The smallest absolute Gasteiger partial charge is 0.355 e. The summed E-state index contributed by atoms with van der Waals surface area (Å²) < 4.78 is 21.8. The number of fused-ring (bicyclic) bond motifs is 1. The fraction of sp³-hybridized carbons (Fsp3) is 0.261. The molecule has 3 aromatic rings. The van der Waals surface area contributed by atoms with Crippen molar-refractivity contribution in [1.29, 1.82) is 0 Å². The number of ether oxygens (including phenoxy) is 4. The fourth-order valence-electron chi connectivity index (χ4n) is 3.42. The number of benzene rings is 2. The van der Waals surface area contributed by atoms with Crippen molar-refractivity contribution in [1.82, 2.24) is 4.98 Å². The topological polar surface area (TPSA) is 87.2 Å².